The first kappa shape index (κ1) is 15.6. The highest BCUT2D eigenvalue weighted by atomic mass is 32.1. The fourth-order valence-corrected chi connectivity index (χ4v) is 3.41. The molecule has 1 aromatic heterocycles. The van der Waals surface area contributed by atoms with Crippen LogP contribution >= 0.6 is 11.3 Å². The van der Waals surface area contributed by atoms with E-state index in [-0.39, 0.29) is 5.60 Å². The zero-order chi connectivity index (χ0) is 13.6. The number of rotatable bonds is 8. The smallest absolute Gasteiger partial charge is 0.125 e. The van der Waals surface area contributed by atoms with Crippen LogP contribution < -0.4 is 5.32 Å². The molecule has 18 heavy (non-hydrogen) atoms. The summed E-state index contributed by atoms with van der Waals surface area (Å²) in [7, 11) is 0. The summed E-state index contributed by atoms with van der Waals surface area (Å²) in [6.07, 6.45) is 1.94. The first-order valence-corrected chi connectivity index (χ1v) is 7.84. The first-order chi connectivity index (χ1) is 8.63. The normalized spacial score (nSPS) is 13.8. The third-order valence-electron chi connectivity index (χ3n) is 3.43. The van der Waals surface area contributed by atoms with Gasteiger partial charge in [-0.2, -0.15) is 0 Å². The minimum atomic E-state index is -0.191. The Balaban J connectivity index is 2.93. The van der Waals surface area contributed by atoms with Gasteiger partial charge in [0, 0.05) is 18.0 Å². The Hall–Kier alpha value is -0.450. The SMILES string of the molecule is CCNC(C)c1csc(C(CC)(CC)OCC)n1. The highest BCUT2D eigenvalue weighted by Gasteiger charge is 2.32. The Bertz CT molecular complexity index is 347. The van der Waals surface area contributed by atoms with Gasteiger partial charge in [-0.25, -0.2) is 4.98 Å². The van der Waals surface area contributed by atoms with Gasteiger partial charge in [-0.1, -0.05) is 20.8 Å². The molecule has 1 N–H and O–H groups in total. The van der Waals surface area contributed by atoms with Gasteiger partial charge >= 0.3 is 0 Å². The molecule has 0 amide bonds. The molecule has 4 heteroatoms. The Morgan fingerprint density at radius 2 is 2.00 bits per heavy atom. The zero-order valence-electron chi connectivity index (χ0n) is 12.2. The van der Waals surface area contributed by atoms with Crippen LogP contribution in [0.15, 0.2) is 5.38 Å². The van der Waals surface area contributed by atoms with Crippen LogP contribution in [0.1, 0.15) is 64.2 Å². The Kier molecular flexibility index (Phi) is 6.26. The number of hydrogen-bond acceptors (Lipinski definition) is 4. The summed E-state index contributed by atoms with van der Waals surface area (Å²) >= 11 is 1.72. The van der Waals surface area contributed by atoms with Crippen molar-refractivity contribution >= 4 is 11.3 Å². The lowest BCUT2D eigenvalue weighted by atomic mass is 9.98. The molecule has 0 saturated carbocycles. The van der Waals surface area contributed by atoms with Gasteiger partial charge in [0.2, 0.25) is 0 Å². The van der Waals surface area contributed by atoms with Crippen molar-refractivity contribution in [3.63, 3.8) is 0 Å². The number of ether oxygens (including phenoxy) is 1. The van der Waals surface area contributed by atoms with Crippen LogP contribution in [0.4, 0.5) is 0 Å². The van der Waals surface area contributed by atoms with Gasteiger partial charge in [0.15, 0.2) is 0 Å². The lowest BCUT2D eigenvalue weighted by Gasteiger charge is -2.29. The molecule has 0 bridgehead atoms. The Morgan fingerprint density at radius 3 is 2.50 bits per heavy atom. The van der Waals surface area contributed by atoms with Gasteiger partial charge < -0.3 is 10.1 Å². The maximum atomic E-state index is 5.99. The van der Waals surface area contributed by atoms with Gasteiger partial charge in [-0.3, -0.25) is 0 Å². The molecule has 0 saturated heterocycles. The molecule has 1 unspecified atom stereocenters. The topological polar surface area (TPSA) is 34.1 Å². The number of nitrogens with zero attached hydrogens (tertiary/aromatic N) is 1. The third kappa shape index (κ3) is 3.31. The second-order valence-electron chi connectivity index (χ2n) is 4.49. The molecule has 3 nitrogen and oxygen atoms in total. The van der Waals surface area contributed by atoms with Gasteiger partial charge in [-0.05, 0) is 33.2 Å². The van der Waals surface area contributed by atoms with Crippen molar-refractivity contribution in [2.24, 2.45) is 0 Å². The maximum Gasteiger partial charge on any atom is 0.125 e. The van der Waals surface area contributed by atoms with Crippen molar-refractivity contribution in [2.45, 2.75) is 59.1 Å². The van der Waals surface area contributed by atoms with Crippen LogP contribution in [0.2, 0.25) is 0 Å². The van der Waals surface area contributed by atoms with E-state index in [4.69, 9.17) is 9.72 Å². The van der Waals surface area contributed by atoms with E-state index >= 15 is 0 Å². The van der Waals surface area contributed by atoms with Crippen LogP contribution in [0, 0.1) is 0 Å². The number of hydrogen-bond donors (Lipinski definition) is 1. The quantitative estimate of drug-likeness (QED) is 0.778. The summed E-state index contributed by atoms with van der Waals surface area (Å²) < 4.78 is 5.99. The minimum absolute atomic E-state index is 0.191. The predicted octanol–water partition coefficient (Wildman–Crippen LogP) is 3.87. The molecule has 1 aromatic rings. The highest BCUT2D eigenvalue weighted by molar-refractivity contribution is 7.09. The molecule has 0 spiro atoms. The van der Waals surface area contributed by atoms with Crippen molar-refractivity contribution < 1.29 is 4.74 Å². The summed E-state index contributed by atoms with van der Waals surface area (Å²) in [6.45, 7) is 12.4. The van der Waals surface area contributed by atoms with E-state index in [1.165, 1.54) is 0 Å². The standard InChI is InChI=1S/C14H26N2OS/c1-6-14(7-2,17-9-4)13-16-12(10-18-13)11(5)15-8-3/h10-11,15H,6-9H2,1-5H3. The summed E-state index contributed by atoms with van der Waals surface area (Å²) in [5.74, 6) is 0. The zero-order valence-corrected chi connectivity index (χ0v) is 13.1. The van der Waals surface area contributed by atoms with Crippen LogP contribution in [-0.2, 0) is 10.3 Å². The van der Waals surface area contributed by atoms with Gasteiger partial charge in [-0.15, -0.1) is 11.3 Å². The second kappa shape index (κ2) is 7.22. The van der Waals surface area contributed by atoms with Crippen molar-refractivity contribution in [1.29, 1.82) is 0 Å². The highest BCUT2D eigenvalue weighted by Crippen LogP contribution is 2.35. The van der Waals surface area contributed by atoms with Crippen LogP contribution in [0.5, 0.6) is 0 Å². The van der Waals surface area contributed by atoms with E-state index in [9.17, 15) is 0 Å². The lowest BCUT2D eigenvalue weighted by molar-refractivity contribution is -0.0507. The van der Waals surface area contributed by atoms with E-state index in [2.05, 4.69) is 45.3 Å². The Morgan fingerprint density at radius 1 is 1.33 bits per heavy atom. The summed E-state index contributed by atoms with van der Waals surface area (Å²) in [4.78, 5) is 4.79. The van der Waals surface area contributed by atoms with Crippen molar-refractivity contribution in [3.05, 3.63) is 16.1 Å². The molecule has 0 aliphatic heterocycles. The van der Waals surface area contributed by atoms with E-state index in [1.54, 1.807) is 11.3 Å². The van der Waals surface area contributed by atoms with E-state index in [0.717, 1.165) is 36.7 Å². The summed E-state index contributed by atoms with van der Waals surface area (Å²) in [5, 5.41) is 6.67. The average molecular weight is 270 g/mol. The lowest BCUT2D eigenvalue weighted by Crippen LogP contribution is -2.28. The van der Waals surface area contributed by atoms with Crippen LogP contribution in [0.3, 0.4) is 0 Å². The molecule has 0 aliphatic carbocycles. The van der Waals surface area contributed by atoms with Crippen molar-refractivity contribution in [2.75, 3.05) is 13.2 Å². The van der Waals surface area contributed by atoms with Crippen molar-refractivity contribution in [3.8, 4) is 0 Å². The van der Waals surface area contributed by atoms with Gasteiger partial charge in [0.25, 0.3) is 0 Å². The molecule has 1 atom stereocenters. The minimum Gasteiger partial charge on any atom is -0.368 e. The van der Waals surface area contributed by atoms with Gasteiger partial charge in [0.1, 0.15) is 10.6 Å². The monoisotopic (exact) mass is 270 g/mol. The number of thiazole rings is 1. The molecule has 0 fully saturated rings. The fourth-order valence-electron chi connectivity index (χ4n) is 2.20. The summed E-state index contributed by atoms with van der Waals surface area (Å²) in [6, 6.07) is 0.313. The van der Waals surface area contributed by atoms with Crippen molar-refractivity contribution in [1.82, 2.24) is 10.3 Å². The van der Waals surface area contributed by atoms with Crippen LogP contribution in [0.25, 0.3) is 0 Å². The largest absolute Gasteiger partial charge is 0.368 e. The molecule has 1 rings (SSSR count). The third-order valence-corrected chi connectivity index (χ3v) is 4.47. The molecular formula is C14H26N2OS. The van der Waals surface area contributed by atoms with Crippen LogP contribution in [-0.4, -0.2) is 18.1 Å². The molecule has 0 radical (unpaired) electrons. The molecular weight excluding hydrogens is 244 g/mol. The average Bonchev–Trinajstić information content (AvgIpc) is 2.86. The molecule has 1 heterocycles. The molecule has 0 aliphatic rings. The van der Waals surface area contributed by atoms with E-state index < -0.39 is 0 Å². The second-order valence-corrected chi connectivity index (χ2v) is 5.35. The summed E-state index contributed by atoms with van der Waals surface area (Å²) in [5.41, 5.74) is 0.937. The van der Waals surface area contributed by atoms with Gasteiger partial charge in [0.05, 0.1) is 5.69 Å². The maximum absolute atomic E-state index is 5.99. The van der Waals surface area contributed by atoms with E-state index in [0.29, 0.717) is 6.04 Å². The fraction of sp³-hybridized carbons (Fsp3) is 0.786. The first-order valence-electron chi connectivity index (χ1n) is 6.96. The molecule has 104 valence electrons. The number of nitrogens with one attached hydrogen (secondary N) is 1. The number of aromatic nitrogens is 1. The van der Waals surface area contributed by atoms with E-state index in [1.807, 2.05) is 0 Å². The predicted molar refractivity (Wildman–Crippen MR) is 78.1 cm³/mol. The Labute approximate surface area is 115 Å². The molecule has 0 aromatic carbocycles.